The van der Waals surface area contributed by atoms with Crippen LogP contribution in [-0.2, 0) is 10.3 Å². The molecule has 1 aliphatic carbocycles. The molecule has 1 N–H and O–H groups in total. The number of aromatic nitrogens is 2. The van der Waals surface area contributed by atoms with E-state index in [0.29, 0.717) is 5.92 Å². The molecule has 21 heavy (non-hydrogen) atoms. The summed E-state index contributed by atoms with van der Waals surface area (Å²) in [5.74, 6) is 2.46. The maximum atomic E-state index is 5.96. The van der Waals surface area contributed by atoms with Crippen LogP contribution >= 0.6 is 22.6 Å². The second-order valence-corrected chi connectivity index (χ2v) is 7.37. The Hall–Kier alpha value is -0.430. The average molecular weight is 401 g/mol. The third-order valence-corrected chi connectivity index (χ3v) is 5.72. The molecular weight excluding hydrogens is 377 g/mol. The van der Waals surface area contributed by atoms with Gasteiger partial charge in [-0.1, -0.05) is 12.8 Å². The molecule has 116 valence electrons. The van der Waals surface area contributed by atoms with E-state index in [9.17, 15) is 0 Å². The number of nitrogens with one attached hydrogen (secondary N) is 1. The summed E-state index contributed by atoms with van der Waals surface area (Å²) in [6, 6.07) is 0. The monoisotopic (exact) mass is 401 g/mol. The molecule has 4 nitrogen and oxygen atoms in total. The zero-order valence-corrected chi connectivity index (χ0v) is 15.1. The summed E-state index contributed by atoms with van der Waals surface area (Å²) >= 11 is 2.41. The van der Waals surface area contributed by atoms with Gasteiger partial charge in [-0.25, -0.2) is 9.97 Å². The van der Waals surface area contributed by atoms with Crippen molar-refractivity contribution < 1.29 is 4.74 Å². The molecule has 2 aliphatic rings. The fraction of sp³-hybridized carbons (Fsp3) is 0.750. The predicted octanol–water partition coefficient (Wildman–Crippen LogP) is 4.20. The van der Waals surface area contributed by atoms with E-state index in [2.05, 4.69) is 41.8 Å². The highest BCUT2D eigenvalue weighted by Gasteiger charge is 2.36. The minimum Gasteiger partial charge on any atom is -0.369 e. The van der Waals surface area contributed by atoms with Crippen molar-refractivity contribution in [1.82, 2.24) is 9.97 Å². The van der Waals surface area contributed by atoms with E-state index in [1.807, 2.05) is 0 Å². The highest BCUT2D eigenvalue weighted by Crippen LogP contribution is 2.40. The first-order valence-corrected chi connectivity index (χ1v) is 9.17. The Labute approximate surface area is 140 Å². The Morgan fingerprint density at radius 1 is 1.29 bits per heavy atom. The number of rotatable bonds is 4. The lowest BCUT2D eigenvalue weighted by Gasteiger charge is -2.24. The Kier molecular flexibility index (Phi) is 4.69. The number of ether oxygens (including phenoxy) is 1. The van der Waals surface area contributed by atoms with Gasteiger partial charge in [0.25, 0.3) is 0 Å². The van der Waals surface area contributed by atoms with Gasteiger partial charge in [0.15, 0.2) is 5.82 Å². The molecule has 0 amide bonds. The number of nitrogens with zero attached hydrogens (tertiary/aromatic N) is 2. The summed E-state index contributed by atoms with van der Waals surface area (Å²) in [5.41, 5.74) is 0.938. The van der Waals surface area contributed by atoms with E-state index in [1.54, 1.807) is 0 Å². The maximum Gasteiger partial charge on any atom is 0.162 e. The summed E-state index contributed by atoms with van der Waals surface area (Å²) in [4.78, 5) is 9.76. The van der Waals surface area contributed by atoms with Gasteiger partial charge in [-0.2, -0.15) is 0 Å². The van der Waals surface area contributed by atoms with Crippen molar-refractivity contribution in [1.29, 1.82) is 0 Å². The van der Waals surface area contributed by atoms with Crippen molar-refractivity contribution in [2.75, 3.05) is 18.5 Å². The van der Waals surface area contributed by atoms with Crippen LogP contribution in [0.4, 0.5) is 5.82 Å². The molecular formula is C16H24IN3O. The summed E-state index contributed by atoms with van der Waals surface area (Å²) in [6.07, 6.45) is 7.28. The Bertz CT molecular complexity index is 508. The fourth-order valence-electron chi connectivity index (χ4n) is 3.41. The van der Waals surface area contributed by atoms with Crippen LogP contribution < -0.4 is 5.32 Å². The van der Waals surface area contributed by atoms with Gasteiger partial charge in [0.2, 0.25) is 0 Å². The average Bonchev–Trinajstić information content (AvgIpc) is 3.13. The van der Waals surface area contributed by atoms with Gasteiger partial charge >= 0.3 is 0 Å². The van der Waals surface area contributed by atoms with E-state index in [1.165, 1.54) is 34.9 Å². The van der Waals surface area contributed by atoms with Crippen LogP contribution in [0.3, 0.4) is 0 Å². The second-order valence-electron chi connectivity index (χ2n) is 6.29. The quantitative estimate of drug-likeness (QED) is 0.769. The molecule has 1 saturated heterocycles. The van der Waals surface area contributed by atoms with E-state index in [-0.39, 0.29) is 5.60 Å². The summed E-state index contributed by atoms with van der Waals surface area (Å²) in [7, 11) is 0. The zero-order chi connectivity index (χ0) is 14.9. The van der Waals surface area contributed by atoms with Gasteiger partial charge in [-0.05, 0) is 62.1 Å². The first-order valence-electron chi connectivity index (χ1n) is 8.10. The molecule has 5 heteroatoms. The van der Waals surface area contributed by atoms with Crippen LogP contribution in [0.1, 0.15) is 69.8 Å². The van der Waals surface area contributed by atoms with E-state index in [0.717, 1.165) is 37.6 Å². The molecule has 0 bridgehead atoms. The van der Waals surface area contributed by atoms with Crippen molar-refractivity contribution in [3.63, 3.8) is 0 Å². The van der Waals surface area contributed by atoms with Crippen molar-refractivity contribution in [3.05, 3.63) is 15.1 Å². The maximum absolute atomic E-state index is 5.96. The number of anilines is 1. The summed E-state index contributed by atoms with van der Waals surface area (Å²) in [6.45, 7) is 5.95. The Morgan fingerprint density at radius 2 is 2.05 bits per heavy atom. The number of hydrogen-bond donors (Lipinski definition) is 1. The molecule has 0 spiro atoms. The first kappa shape index (κ1) is 15.5. The van der Waals surface area contributed by atoms with Gasteiger partial charge in [-0.15, -0.1) is 0 Å². The minimum atomic E-state index is -0.304. The lowest BCUT2D eigenvalue weighted by atomic mass is 9.99. The third kappa shape index (κ3) is 3.04. The largest absolute Gasteiger partial charge is 0.369 e. The topological polar surface area (TPSA) is 47.0 Å². The second kappa shape index (κ2) is 6.36. The number of halogens is 1. The van der Waals surface area contributed by atoms with Gasteiger partial charge in [-0.3, -0.25) is 0 Å². The SMILES string of the molecule is CCNc1nc(C2(C)CCCO2)nc(C2CCCC2)c1I. The van der Waals surface area contributed by atoms with E-state index in [4.69, 9.17) is 14.7 Å². The normalized spacial score (nSPS) is 26.4. The standard InChI is InChI=1S/C16H24IN3O/c1-3-18-14-12(17)13(11-7-4-5-8-11)19-15(20-14)16(2)9-6-10-21-16/h11H,3-10H2,1-2H3,(H,18,19,20). The summed E-state index contributed by atoms with van der Waals surface area (Å²) < 4.78 is 7.16. The molecule has 1 unspecified atom stereocenters. The van der Waals surface area contributed by atoms with Crippen LogP contribution in [-0.4, -0.2) is 23.1 Å². The Balaban J connectivity index is 2.03. The van der Waals surface area contributed by atoms with Crippen LogP contribution in [0.25, 0.3) is 0 Å². The van der Waals surface area contributed by atoms with Crippen LogP contribution in [0.15, 0.2) is 0 Å². The molecule has 2 heterocycles. The zero-order valence-electron chi connectivity index (χ0n) is 12.9. The molecule has 1 aliphatic heterocycles. The molecule has 1 aromatic heterocycles. The lowest BCUT2D eigenvalue weighted by molar-refractivity contribution is 0.00917. The lowest BCUT2D eigenvalue weighted by Crippen LogP contribution is -2.26. The molecule has 1 atom stereocenters. The van der Waals surface area contributed by atoms with Crippen molar-refractivity contribution in [2.45, 2.75) is 63.9 Å². The van der Waals surface area contributed by atoms with Crippen molar-refractivity contribution in [3.8, 4) is 0 Å². The molecule has 2 fully saturated rings. The van der Waals surface area contributed by atoms with Crippen molar-refractivity contribution in [2.24, 2.45) is 0 Å². The predicted molar refractivity (Wildman–Crippen MR) is 92.7 cm³/mol. The smallest absolute Gasteiger partial charge is 0.162 e. The summed E-state index contributed by atoms with van der Waals surface area (Å²) in [5, 5.41) is 3.41. The molecule has 3 rings (SSSR count). The van der Waals surface area contributed by atoms with Crippen LogP contribution in [0.2, 0.25) is 0 Å². The molecule has 1 saturated carbocycles. The van der Waals surface area contributed by atoms with Crippen molar-refractivity contribution >= 4 is 28.4 Å². The number of hydrogen-bond acceptors (Lipinski definition) is 4. The Morgan fingerprint density at radius 3 is 2.67 bits per heavy atom. The van der Waals surface area contributed by atoms with Crippen LogP contribution in [0.5, 0.6) is 0 Å². The van der Waals surface area contributed by atoms with Crippen LogP contribution in [0, 0.1) is 3.57 Å². The van der Waals surface area contributed by atoms with E-state index >= 15 is 0 Å². The molecule has 0 aromatic carbocycles. The van der Waals surface area contributed by atoms with Gasteiger partial charge in [0, 0.05) is 19.1 Å². The van der Waals surface area contributed by atoms with Gasteiger partial charge < -0.3 is 10.1 Å². The minimum absolute atomic E-state index is 0.304. The third-order valence-electron chi connectivity index (χ3n) is 4.65. The molecule has 1 aromatic rings. The first-order chi connectivity index (χ1) is 10.1. The van der Waals surface area contributed by atoms with E-state index < -0.39 is 0 Å². The molecule has 0 radical (unpaired) electrons. The highest BCUT2D eigenvalue weighted by molar-refractivity contribution is 14.1. The highest BCUT2D eigenvalue weighted by atomic mass is 127. The van der Waals surface area contributed by atoms with Gasteiger partial charge in [0.1, 0.15) is 11.4 Å². The van der Waals surface area contributed by atoms with Gasteiger partial charge in [0.05, 0.1) is 9.26 Å². The fourth-order valence-corrected chi connectivity index (χ4v) is 4.28.